The first-order valence-corrected chi connectivity index (χ1v) is 11.9. The fraction of sp³-hybridized carbons (Fsp3) is 0.375. The van der Waals surface area contributed by atoms with Gasteiger partial charge in [0, 0.05) is 24.4 Å². The standard InChI is InChI=1S/C24H25N3O4S/c28-22(14-21-23(29)25-16-8-2-5-11-20(16)32-21)27-15-19(24(30)26-12-6-1-7-13-26)31-18-10-4-3-9-17(18)27/h2-5,8-11,19,21H,1,6-7,12-15H2,(H,25,29). The van der Waals surface area contributed by atoms with Crippen LogP contribution in [0.1, 0.15) is 25.7 Å². The Morgan fingerprint density at radius 1 is 1.03 bits per heavy atom. The third-order valence-corrected chi connectivity index (χ3v) is 7.36. The van der Waals surface area contributed by atoms with Crippen LogP contribution in [0.4, 0.5) is 11.4 Å². The Morgan fingerprint density at radius 2 is 1.78 bits per heavy atom. The zero-order valence-electron chi connectivity index (χ0n) is 17.7. The molecule has 3 aliphatic rings. The second-order valence-corrected chi connectivity index (χ2v) is 9.51. The first kappa shape index (κ1) is 20.9. The van der Waals surface area contributed by atoms with E-state index in [4.69, 9.17) is 4.74 Å². The smallest absolute Gasteiger partial charge is 0.265 e. The number of benzene rings is 2. The lowest BCUT2D eigenvalue weighted by molar-refractivity contribution is -0.139. The van der Waals surface area contributed by atoms with Crippen molar-refractivity contribution in [2.75, 3.05) is 29.9 Å². The fourth-order valence-corrected chi connectivity index (χ4v) is 5.51. The van der Waals surface area contributed by atoms with Gasteiger partial charge in [-0.05, 0) is 43.5 Å². The molecule has 8 heteroatoms. The van der Waals surface area contributed by atoms with Crippen molar-refractivity contribution in [1.29, 1.82) is 0 Å². The Balaban J connectivity index is 1.35. The number of hydrogen-bond donors (Lipinski definition) is 1. The van der Waals surface area contributed by atoms with E-state index in [1.54, 1.807) is 11.0 Å². The van der Waals surface area contributed by atoms with Gasteiger partial charge in [0.05, 0.1) is 23.2 Å². The van der Waals surface area contributed by atoms with Gasteiger partial charge in [0.25, 0.3) is 5.91 Å². The maximum Gasteiger partial charge on any atom is 0.265 e. The molecule has 7 nitrogen and oxygen atoms in total. The summed E-state index contributed by atoms with van der Waals surface area (Å²) in [4.78, 5) is 43.5. The third-order valence-electron chi connectivity index (χ3n) is 6.08. The van der Waals surface area contributed by atoms with Crippen molar-refractivity contribution in [2.24, 2.45) is 0 Å². The fourth-order valence-electron chi connectivity index (χ4n) is 4.41. The SMILES string of the molecule is O=C1Nc2ccccc2SC1CC(=O)N1CC(C(=O)N2CCCCC2)Oc2ccccc21. The summed E-state index contributed by atoms with van der Waals surface area (Å²) >= 11 is 1.40. The number of rotatable bonds is 3. The van der Waals surface area contributed by atoms with Gasteiger partial charge in [-0.2, -0.15) is 0 Å². The quantitative estimate of drug-likeness (QED) is 0.775. The number of hydrogen-bond acceptors (Lipinski definition) is 5. The Labute approximate surface area is 191 Å². The van der Waals surface area contributed by atoms with Crippen LogP contribution in [0.25, 0.3) is 0 Å². The molecule has 2 aromatic carbocycles. The van der Waals surface area contributed by atoms with E-state index in [0.717, 1.165) is 42.9 Å². The number of fused-ring (bicyclic) bond motifs is 2. The van der Waals surface area contributed by atoms with Crippen molar-refractivity contribution in [3.05, 3.63) is 48.5 Å². The summed E-state index contributed by atoms with van der Waals surface area (Å²) in [6, 6.07) is 14.8. The molecular weight excluding hydrogens is 426 g/mol. The molecule has 5 rings (SSSR count). The van der Waals surface area contributed by atoms with Crippen LogP contribution in [0.5, 0.6) is 5.75 Å². The van der Waals surface area contributed by atoms with Gasteiger partial charge in [-0.3, -0.25) is 14.4 Å². The predicted octanol–water partition coefficient (Wildman–Crippen LogP) is 3.30. The summed E-state index contributed by atoms with van der Waals surface area (Å²) in [5.74, 6) is 0.0815. The number of carbonyl (C=O) groups excluding carboxylic acids is 3. The van der Waals surface area contributed by atoms with E-state index in [2.05, 4.69) is 5.32 Å². The second kappa shape index (κ2) is 8.86. The lowest BCUT2D eigenvalue weighted by Gasteiger charge is -2.37. The van der Waals surface area contributed by atoms with Crippen LogP contribution in [0.3, 0.4) is 0 Å². The molecular formula is C24H25N3O4S. The molecule has 1 saturated heterocycles. The Kier molecular flexibility index (Phi) is 5.78. The number of nitrogens with one attached hydrogen (secondary N) is 1. The Bertz CT molecular complexity index is 1050. The molecule has 2 aromatic rings. The number of amides is 3. The molecule has 1 fully saturated rings. The summed E-state index contributed by atoms with van der Waals surface area (Å²) in [5, 5.41) is 2.37. The van der Waals surface area contributed by atoms with Crippen LogP contribution >= 0.6 is 11.8 Å². The van der Waals surface area contributed by atoms with Crippen LogP contribution in [0.15, 0.2) is 53.4 Å². The molecule has 32 heavy (non-hydrogen) atoms. The summed E-state index contributed by atoms with van der Waals surface area (Å²) in [6.07, 6.45) is 2.43. The van der Waals surface area contributed by atoms with Crippen LogP contribution in [-0.2, 0) is 14.4 Å². The molecule has 0 spiro atoms. The maximum atomic E-state index is 13.4. The number of piperidine rings is 1. The van der Waals surface area contributed by atoms with Crippen molar-refractivity contribution < 1.29 is 19.1 Å². The van der Waals surface area contributed by atoms with Crippen molar-refractivity contribution in [2.45, 2.75) is 41.9 Å². The summed E-state index contributed by atoms with van der Waals surface area (Å²) < 4.78 is 6.02. The zero-order chi connectivity index (χ0) is 22.1. The normalized spacial score (nSPS) is 22.3. The second-order valence-electron chi connectivity index (χ2n) is 8.26. The van der Waals surface area contributed by atoms with Crippen LogP contribution in [0.2, 0.25) is 0 Å². The number of thioether (sulfide) groups is 1. The molecule has 1 N–H and O–H groups in total. The average molecular weight is 452 g/mol. The van der Waals surface area contributed by atoms with Gasteiger partial charge in [0.1, 0.15) is 5.75 Å². The van der Waals surface area contributed by atoms with Gasteiger partial charge >= 0.3 is 0 Å². The number of anilines is 2. The van der Waals surface area contributed by atoms with Gasteiger partial charge in [0.2, 0.25) is 11.8 Å². The highest BCUT2D eigenvalue weighted by Crippen LogP contribution is 2.39. The number of ether oxygens (including phenoxy) is 1. The largest absolute Gasteiger partial charge is 0.476 e. The van der Waals surface area contributed by atoms with Crippen LogP contribution in [-0.4, -0.2) is 53.6 Å². The first-order valence-electron chi connectivity index (χ1n) is 11.0. The van der Waals surface area contributed by atoms with Gasteiger partial charge in [-0.1, -0.05) is 24.3 Å². The van der Waals surface area contributed by atoms with Crippen molar-refractivity contribution in [3.63, 3.8) is 0 Å². The highest BCUT2D eigenvalue weighted by Gasteiger charge is 2.38. The summed E-state index contributed by atoms with van der Waals surface area (Å²) in [7, 11) is 0. The van der Waals surface area contributed by atoms with E-state index in [-0.39, 0.29) is 30.7 Å². The van der Waals surface area contributed by atoms with E-state index in [1.165, 1.54) is 11.8 Å². The van der Waals surface area contributed by atoms with E-state index in [9.17, 15) is 14.4 Å². The van der Waals surface area contributed by atoms with Crippen LogP contribution in [0, 0.1) is 0 Å². The number of para-hydroxylation sites is 3. The molecule has 2 unspecified atom stereocenters. The topological polar surface area (TPSA) is 79.0 Å². The number of carbonyl (C=O) groups is 3. The van der Waals surface area contributed by atoms with E-state index >= 15 is 0 Å². The van der Waals surface area contributed by atoms with Gasteiger partial charge in [-0.15, -0.1) is 11.8 Å². The van der Waals surface area contributed by atoms with Crippen molar-refractivity contribution in [1.82, 2.24) is 4.90 Å². The predicted molar refractivity (Wildman–Crippen MR) is 123 cm³/mol. The number of nitrogens with zero attached hydrogens (tertiary/aromatic N) is 2. The summed E-state index contributed by atoms with van der Waals surface area (Å²) in [5.41, 5.74) is 1.41. The first-order chi connectivity index (χ1) is 15.6. The van der Waals surface area contributed by atoms with E-state index in [1.807, 2.05) is 47.4 Å². The van der Waals surface area contributed by atoms with Gasteiger partial charge in [0.15, 0.2) is 6.10 Å². The third kappa shape index (κ3) is 4.07. The monoisotopic (exact) mass is 451 g/mol. The van der Waals surface area contributed by atoms with Gasteiger partial charge < -0.3 is 19.9 Å². The van der Waals surface area contributed by atoms with Crippen LogP contribution < -0.4 is 15.0 Å². The highest BCUT2D eigenvalue weighted by molar-refractivity contribution is 8.01. The Morgan fingerprint density at radius 3 is 2.62 bits per heavy atom. The number of likely N-dealkylation sites (tertiary alicyclic amines) is 1. The summed E-state index contributed by atoms with van der Waals surface area (Å²) in [6.45, 7) is 1.61. The molecule has 3 amide bonds. The lowest BCUT2D eigenvalue weighted by atomic mass is 10.1. The molecule has 3 heterocycles. The molecule has 0 aliphatic carbocycles. The minimum absolute atomic E-state index is 0.0454. The Hall–Kier alpha value is -3.00. The van der Waals surface area contributed by atoms with E-state index in [0.29, 0.717) is 11.4 Å². The van der Waals surface area contributed by atoms with E-state index < -0.39 is 11.4 Å². The molecule has 3 aliphatic heterocycles. The highest BCUT2D eigenvalue weighted by atomic mass is 32.2. The molecule has 0 radical (unpaired) electrons. The molecule has 166 valence electrons. The minimum Gasteiger partial charge on any atom is -0.476 e. The molecule has 0 bridgehead atoms. The van der Waals surface area contributed by atoms with Crippen molar-refractivity contribution >= 4 is 40.9 Å². The minimum atomic E-state index is -0.736. The molecule has 2 atom stereocenters. The van der Waals surface area contributed by atoms with Crippen molar-refractivity contribution in [3.8, 4) is 5.75 Å². The average Bonchev–Trinajstić information content (AvgIpc) is 2.83. The molecule has 0 aromatic heterocycles. The lowest BCUT2D eigenvalue weighted by Crippen LogP contribution is -2.53. The maximum absolute atomic E-state index is 13.4. The van der Waals surface area contributed by atoms with Gasteiger partial charge in [-0.25, -0.2) is 0 Å². The molecule has 0 saturated carbocycles. The zero-order valence-corrected chi connectivity index (χ0v) is 18.5.